The molecule has 2 N–H and O–H groups in total. The van der Waals surface area contributed by atoms with Crippen molar-refractivity contribution in [3.8, 4) is 22.8 Å². The first kappa shape index (κ1) is 27.7. The molecule has 2 saturated heterocycles. The topological polar surface area (TPSA) is 69.8 Å². The molecule has 7 rings (SSSR count). The van der Waals surface area contributed by atoms with Crippen LogP contribution in [0.5, 0.6) is 11.5 Å². The van der Waals surface area contributed by atoms with Crippen LogP contribution in [0.15, 0.2) is 83.7 Å². The van der Waals surface area contributed by atoms with Gasteiger partial charge >= 0.3 is 0 Å². The highest BCUT2D eigenvalue weighted by molar-refractivity contribution is 5.74. The Kier molecular flexibility index (Phi) is 7.92. The predicted molar refractivity (Wildman–Crippen MR) is 173 cm³/mol. The molecule has 7 heteroatoms. The number of para-hydroxylation sites is 1. The van der Waals surface area contributed by atoms with Gasteiger partial charge in [-0.25, -0.2) is 0 Å². The first-order valence-electron chi connectivity index (χ1n) is 15.6. The molecule has 43 heavy (non-hydrogen) atoms. The number of anilines is 2. The molecule has 4 heterocycles. The van der Waals surface area contributed by atoms with Gasteiger partial charge < -0.3 is 29.6 Å². The van der Waals surface area contributed by atoms with Gasteiger partial charge in [-0.05, 0) is 67.6 Å². The zero-order chi connectivity index (χ0) is 29.2. The third kappa shape index (κ3) is 6.19. The number of piperidine rings is 1. The van der Waals surface area contributed by atoms with Crippen LogP contribution < -0.4 is 20.5 Å². The molecule has 2 unspecified atom stereocenters. The molecule has 0 spiro atoms. The van der Waals surface area contributed by atoms with Gasteiger partial charge in [0.15, 0.2) is 0 Å². The lowest BCUT2D eigenvalue weighted by Crippen LogP contribution is -2.45. The Hall–Kier alpha value is -4.07. The van der Waals surface area contributed by atoms with Crippen LogP contribution in [-0.2, 0) is 17.6 Å². The number of H-pyrrole nitrogens is 1. The third-order valence-corrected chi connectivity index (χ3v) is 9.16. The van der Waals surface area contributed by atoms with E-state index in [0.29, 0.717) is 25.3 Å². The summed E-state index contributed by atoms with van der Waals surface area (Å²) in [6, 6.07) is 28.2. The summed E-state index contributed by atoms with van der Waals surface area (Å²) in [7, 11) is 0. The van der Waals surface area contributed by atoms with Crippen LogP contribution in [0.3, 0.4) is 0 Å². The van der Waals surface area contributed by atoms with Crippen molar-refractivity contribution in [3.05, 3.63) is 106 Å². The monoisotopic (exact) mass is 576 g/mol. The maximum absolute atomic E-state index is 12.7. The van der Waals surface area contributed by atoms with Crippen LogP contribution in [0.1, 0.15) is 36.5 Å². The summed E-state index contributed by atoms with van der Waals surface area (Å²) in [6.07, 6.45) is 4.17. The van der Waals surface area contributed by atoms with Crippen molar-refractivity contribution in [2.45, 2.75) is 44.7 Å². The number of hydrogen-bond donors (Lipinski definition) is 2. The molecule has 0 bridgehead atoms. The lowest BCUT2D eigenvalue weighted by molar-refractivity contribution is 0.122. The van der Waals surface area contributed by atoms with E-state index in [1.165, 1.54) is 11.1 Å². The Labute approximate surface area is 253 Å². The van der Waals surface area contributed by atoms with Crippen LogP contribution in [0.2, 0.25) is 0 Å². The van der Waals surface area contributed by atoms with E-state index in [1.54, 1.807) is 6.07 Å². The van der Waals surface area contributed by atoms with Gasteiger partial charge in [0.05, 0.1) is 18.9 Å². The Morgan fingerprint density at radius 2 is 1.79 bits per heavy atom. The van der Waals surface area contributed by atoms with Crippen molar-refractivity contribution < 1.29 is 9.47 Å². The normalized spacial score (nSPS) is 20.2. The number of nitrogens with zero attached hydrogens (tertiary/aromatic N) is 2. The first-order valence-corrected chi connectivity index (χ1v) is 15.6. The fraction of sp³-hybridized carbons (Fsp3) is 0.361. The number of aromatic amines is 1. The Morgan fingerprint density at radius 3 is 2.63 bits per heavy atom. The van der Waals surface area contributed by atoms with Crippen molar-refractivity contribution in [2.24, 2.45) is 0 Å². The fourth-order valence-electron chi connectivity index (χ4n) is 6.79. The van der Waals surface area contributed by atoms with Crippen LogP contribution in [-0.4, -0.2) is 61.4 Å². The second kappa shape index (κ2) is 12.3. The molecule has 7 nitrogen and oxygen atoms in total. The minimum absolute atomic E-state index is 0.111. The highest BCUT2D eigenvalue weighted by Gasteiger charge is 2.26. The molecule has 0 aliphatic carbocycles. The number of ether oxygens (including phenoxy) is 2. The van der Waals surface area contributed by atoms with Gasteiger partial charge in [0, 0.05) is 73.3 Å². The number of fused-ring (bicyclic) bond motifs is 2. The van der Waals surface area contributed by atoms with Gasteiger partial charge in [0.25, 0.3) is 0 Å². The number of nitrogens with one attached hydrogen (secondary N) is 2. The van der Waals surface area contributed by atoms with Crippen molar-refractivity contribution in [1.29, 1.82) is 0 Å². The average Bonchev–Trinajstić information content (AvgIpc) is 3.04. The standard InChI is InChI=1S/C36H40N4O3/c1-25-20-30(13-15-39(25)14-12-26-6-3-2-4-7-26)37-29-10-11-34-28(22-29)21-27-8-5-9-32(36(27)43-34)33-23-31(24-35(41)38-33)40-16-18-42-19-17-40/h2-11,22-25,30,37H,12-21H2,1H3,(H,38,41). The van der Waals surface area contributed by atoms with E-state index in [1.807, 2.05) is 6.07 Å². The van der Waals surface area contributed by atoms with Gasteiger partial charge in [-0.3, -0.25) is 4.79 Å². The molecule has 2 fully saturated rings. The summed E-state index contributed by atoms with van der Waals surface area (Å²) in [6.45, 7) is 7.49. The molecule has 0 radical (unpaired) electrons. The predicted octanol–water partition coefficient (Wildman–Crippen LogP) is 6.08. The third-order valence-electron chi connectivity index (χ3n) is 9.16. The summed E-state index contributed by atoms with van der Waals surface area (Å²) in [5, 5.41) is 3.83. The quantitative estimate of drug-likeness (QED) is 0.245. The fourth-order valence-corrected chi connectivity index (χ4v) is 6.79. The Bertz CT molecular complexity index is 1630. The van der Waals surface area contributed by atoms with Gasteiger partial charge in [0.2, 0.25) is 5.56 Å². The van der Waals surface area contributed by atoms with Gasteiger partial charge in [0.1, 0.15) is 11.5 Å². The van der Waals surface area contributed by atoms with E-state index in [9.17, 15) is 4.79 Å². The van der Waals surface area contributed by atoms with Crippen LogP contribution in [0.25, 0.3) is 11.3 Å². The Balaban J connectivity index is 1.03. The molecule has 1 aromatic heterocycles. The molecule has 3 aromatic carbocycles. The lowest BCUT2D eigenvalue weighted by atomic mass is 9.95. The van der Waals surface area contributed by atoms with Crippen LogP contribution >= 0.6 is 0 Å². The zero-order valence-electron chi connectivity index (χ0n) is 24.9. The van der Waals surface area contributed by atoms with E-state index < -0.39 is 0 Å². The number of rotatable bonds is 7. The second-order valence-electron chi connectivity index (χ2n) is 12.1. The molecular formula is C36H40N4O3. The zero-order valence-corrected chi connectivity index (χ0v) is 24.9. The van der Waals surface area contributed by atoms with Gasteiger partial charge in [-0.15, -0.1) is 0 Å². The van der Waals surface area contributed by atoms with Crippen molar-refractivity contribution >= 4 is 11.4 Å². The summed E-state index contributed by atoms with van der Waals surface area (Å²) in [4.78, 5) is 20.5. The van der Waals surface area contributed by atoms with Gasteiger partial charge in [-0.2, -0.15) is 0 Å². The summed E-state index contributed by atoms with van der Waals surface area (Å²) in [5.41, 5.74) is 7.36. The number of hydrogen-bond acceptors (Lipinski definition) is 6. The molecule has 3 aliphatic heterocycles. The van der Waals surface area contributed by atoms with E-state index >= 15 is 0 Å². The Morgan fingerprint density at radius 1 is 0.930 bits per heavy atom. The van der Waals surface area contributed by atoms with E-state index in [2.05, 4.69) is 93.8 Å². The molecule has 2 atom stereocenters. The van der Waals surface area contributed by atoms with Crippen molar-refractivity contribution in [1.82, 2.24) is 9.88 Å². The maximum atomic E-state index is 12.7. The molecule has 222 valence electrons. The largest absolute Gasteiger partial charge is 0.456 e. The van der Waals surface area contributed by atoms with E-state index in [4.69, 9.17) is 9.47 Å². The number of pyridine rings is 1. The van der Waals surface area contributed by atoms with Crippen molar-refractivity contribution in [2.75, 3.05) is 49.6 Å². The molecule has 0 amide bonds. The van der Waals surface area contributed by atoms with Crippen LogP contribution in [0, 0.1) is 0 Å². The lowest BCUT2D eigenvalue weighted by Gasteiger charge is -2.38. The van der Waals surface area contributed by atoms with Gasteiger partial charge in [-0.1, -0.05) is 42.5 Å². The molecule has 0 saturated carbocycles. The first-order chi connectivity index (χ1) is 21.1. The van der Waals surface area contributed by atoms with E-state index in [0.717, 1.165) is 91.6 Å². The second-order valence-corrected chi connectivity index (χ2v) is 12.1. The SMILES string of the molecule is CC1CC(Nc2ccc3c(c2)Cc2cccc(-c4cc(N5CCOCC5)cc(=O)[nH]4)c2O3)CCN1CCc1ccccc1. The van der Waals surface area contributed by atoms with Crippen LogP contribution in [0.4, 0.5) is 11.4 Å². The summed E-state index contributed by atoms with van der Waals surface area (Å²) < 4.78 is 12.0. The number of likely N-dealkylation sites (tertiary alicyclic amines) is 1. The van der Waals surface area contributed by atoms with Crippen molar-refractivity contribution in [3.63, 3.8) is 0 Å². The highest BCUT2D eigenvalue weighted by atomic mass is 16.5. The molecule has 3 aliphatic rings. The summed E-state index contributed by atoms with van der Waals surface area (Å²) >= 11 is 0. The molecule has 4 aromatic rings. The number of aromatic nitrogens is 1. The average molecular weight is 577 g/mol. The highest BCUT2D eigenvalue weighted by Crippen LogP contribution is 2.43. The maximum Gasteiger partial charge on any atom is 0.250 e. The smallest absolute Gasteiger partial charge is 0.250 e. The minimum Gasteiger partial charge on any atom is -0.456 e. The minimum atomic E-state index is -0.111. The number of benzene rings is 3. The molecular weight excluding hydrogens is 536 g/mol. The number of morpholine rings is 1. The summed E-state index contributed by atoms with van der Waals surface area (Å²) in [5.74, 6) is 1.70. The van der Waals surface area contributed by atoms with E-state index in [-0.39, 0.29) is 5.56 Å².